The van der Waals surface area contributed by atoms with Gasteiger partial charge in [-0.1, -0.05) is 36.4 Å². The summed E-state index contributed by atoms with van der Waals surface area (Å²) < 4.78 is 0. The maximum absolute atomic E-state index is 4.43. The van der Waals surface area contributed by atoms with Gasteiger partial charge in [0.1, 0.15) is 5.01 Å². The molecule has 0 radical (unpaired) electrons. The summed E-state index contributed by atoms with van der Waals surface area (Å²) in [5, 5.41) is 7.28. The normalized spacial score (nSPS) is 12.7. The van der Waals surface area contributed by atoms with Crippen LogP contribution in [0.3, 0.4) is 0 Å². The minimum Gasteiger partial charge on any atom is -0.304 e. The van der Waals surface area contributed by atoms with Gasteiger partial charge in [-0.3, -0.25) is 0 Å². The van der Waals surface area contributed by atoms with Crippen molar-refractivity contribution >= 4 is 22.1 Å². The molecule has 0 aliphatic rings. The van der Waals surface area contributed by atoms with Crippen LogP contribution in [0.5, 0.6) is 0 Å². The number of benzene rings is 2. The van der Waals surface area contributed by atoms with E-state index in [1.807, 2.05) is 6.20 Å². The van der Waals surface area contributed by atoms with Crippen LogP contribution in [-0.4, -0.2) is 4.98 Å². The lowest BCUT2D eigenvalue weighted by Gasteiger charge is -2.11. The molecule has 3 rings (SSSR count). The zero-order chi connectivity index (χ0) is 13.9. The van der Waals surface area contributed by atoms with Crippen LogP contribution < -0.4 is 5.32 Å². The molecule has 0 amide bonds. The molecule has 1 N–H and O–H groups in total. The Kier molecular flexibility index (Phi) is 3.81. The highest BCUT2D eigenvalue weighted by Crippen LogP contribution is 2.20. The number of nitrogens with one attached hydrogen (secondary N) is 1. The van der Waals surface area contributed by atoms with Crippen molar-refractivity contribution in [2.24, 2.45) is 0 Å². The molecule has 3 heteroatoms. The molecule has 1 atom stereocenters. The number of hydrogen-bond acceptors (Lipinski definition) is 3. The Bertz CT molecular complexity index is 718. The predicted molar refractivity (Wildman–Crippen MR) is 86.1 cm³/mol. The van der Waals surface area contributed by atoms with Crippen molar-refractivity contribution in [3.8, 4) is 0 Å². The fourth-order valence-corrected chi connectivity index (χ4v) is 3.08. The van der Waals surface area contributed by atoms with Crippen molar-refractivity contribution in [2.45, 2.75) is 26.4 Å². The molecule has 20 heavy (non-hydrogen) atoms. The summed E-state index contributed by atoms with van der Waals surface area (Å²) in [5.41, 5.74) is 1.31. The SMILES string of the molecule is Cc1cnc(C(C)NCc2ccc3ccccc3c2)s1. The molecule has 102 valence electrons. The summed E-state index contributed by atoms with van der Waals surface area (Å²) in [6.45, 7) is 5.13. The van der Waals surface area contributed by atoms with Crippen molar-refractivity contribution in [3.05, 3.63) is 64.1 Å². The minimum atomic E-state index is 0.292. The first-order valence-electron chi connectivity index (χ1n) is 6.86. The lowest BCUT2D eigenvalue weighted by atomic mass is 10.1. The number of fused-ring (bicyclic) bond motifs is 1. The molecule has 0 spiro atoms. The summed E-state index contributed by atoms with van der Waals surface area (Å²) in [4.78, 5) is 5.70. The Labute approximate surface area is 123 Å². The topological polar surface area (TPSA) is 24.9 Å². The maximum Gasteiger partial charge on any atom is 0.109 e. The van der Waals surface area contributed by atoms with Crippen molar-refractivity contribution in [1.82, 2.24) is 10.3 Å². The molecular weight excluding hydrogens is 264 g/mol. The monoisotopic (exact) mass is 282 g/mol. The fourth-order valence-electron chi connectivity index (χ4n) is 2.28. The van der Waals surface area contributed by atoms with E-state index in [2.05, 4.69) is 66.6 Å². The Hall–Kier alpha value is -1.71. The molecule has 0 aliphatic carbocycles. The van der Waals surface area contributed by atoms with E-state index >= 15 is 0 Å². The summed E-state index contributed by atoms with van der Waals surface area (Å²) in [7, 11) is 0. The van der Waals surface area contributed by atoms with Crippen LogP contribution >= 0.6 is 11.3 Å². The largest absolute Gasteiger partial charge is 0.304 e. The standard InChI is InChI=1S/C17H18N2S/c1-12-10-19-17(20-12)13(2)18-11-14-7-8-15-5-3-4-6-16(15)9-14/h3-10,13,18H,11H2,1-2H3. The van der Waals surface area contributed by atoms with Gasteiger partial charge in [0.2, 0.25) is 0 Å². The second kappa shape index (κ2) is 5.73. The Morgan fingerprint density at radius 1 is 1.15 bits per heavy atom. The van der Waals surface area contributed by atoms with Gasteiger partial charge in [-0.05, 0) is 36.2 Å². The molecular formula is C17H18N2S. The third-order valence-corrected chi connectivity index (χ3v) is 4.53. The molecule has 3 aromatic rings. The molecule has 0 saturated carbocycles. The van der Waals surface area contributed by atoms with Crippen molar-refractivity contribution in [2.75, 3.05) is 0 Å². The quantitative estimate of drug-likeness (QED) is 0.764. The minimum absolute atomic E-state index is 0.292. The Morgan fingerprint density at radius 3 is 2.70 bits per heavy atom. The van der Waals surface area contributed by atoms with E-state index in [0.29, 0.717) is 6.04 Å². The van der Waals surface area contributed by atoms with Gasteiger partial charge in [0.25, 0.3) is 0 Å². The zero-order valence-corrected chi connectivity index (χ0v) is 12.6. The van der Waals surface area contributed by atoms with Gasteiger partial charge < -0.3 is 5.32 Å². The van der Waals surface area contributed by atoms with Crippen LogP contribution in [0.15, 0.2) is 48.7 Å². The molecule has 2 nitrogen and oxygen atoms in total. The third kappa shape index (κ3) is 2.89. The van der Waals surface area contributed by atoms with Crippen LogP contribution in [0.4, 0.5) is 0 Å². The Morgan fingerprint density at radius 2 is 1.95 bits per heavy atom. The molecule has 1 aromatic heterocycles. The number of hydrogen-bond donors (Lipinski definition) is 1. The first-order valence-corrected chi connectivity index (χ1v) is 7.67. The van der Waals surface area contributed by atoms with E-state index < -0.39 is 0 Å². The van der Waals surface area contributed by atoms with Gasteiger partial charge in [-0.15, -0.1) is 11.3 Å². The maximum atomic E-state index is 4.43. The van der Waals surface area contributed by atoms with Gasteiger partial charge in [0.15, 0.2) is 0 Å². The molecule has 0 bridgehead atoms. The van der Waals surface area contributed by atoms with E-state index in [1.54, 1.807) is 11.3 Å². The number of thiazole rings is 1. The first kappa shape index (κ1) is 13.3. The Balaban J connectivity index is 1.70. The summed E-state index contributed by atoms with van der Waals surface area (Å²) >= 11 is 1.76. The van der Waals surface area contributed by atoms with E-state index in [1.165, 1.54) is 21.2 Å². The summed E-state index contributed by atoms with van der Waals surface area (Å²) in [6.07, 6.45) is 1.94. The lowest BCUT2D eigenvalue weighted by molar-refractivity contribution is 0.572. The van der Waals surface area contributed by atoms with Crippen molar-refractivity contribution in [3.63, 3.8) is 0 Å². The highest BCUT2D eigenvalue weighted by atomic mass is 32.1. The van der Waals surface area contributed by atoms with E-state index in [-0.39, 0.29) is 0 Å². The molecule has 2 aromatic carbocycles. The van der Waals surface area contributed by atoms with Crippen LogP contribution in [0, 0.1) is 6.92 Å². The number of nitrogens with zero attached hydrogens (tertiary/aromatic N) is 1. The van der Waals surface area contributed by atoms with E-state index in [4.69, 9.17) is 0 Å². The van der Waals surface area contributed by atoms with Crippen molar-refractivity contribution < 1.29 is 0 Å². The van der Waals surface area contributed by atoms with Crippen LogP contribution in [0.25, 0.3) is 10.8 Å². The molecule has 1 unspecified atom stereocenters. The second-order valence-corrected chi connectivity index (χ2v) is 6.36. The van der Waals surface area contributed by atoms with Gasteiger partial charge in [0, 0.05) is 17.6 Å². The van der Waals surface area contributed by atoms with Crippen LogP contribution in [0.2, 0.25) is 0 Å². The van der Waals surface area contributed by atoms with E-state index in [9.17, 15) is 0 Å². The molecule has 1 heterocycles. The second-order valence-electron chi connectivity index (χ2n) is 5.09. The van der Waals surface area contributed by atoms with Crippen molar-refractivity contribution in [1.29, 1.82) is 0 Å². The highest BCUT2D eigenvalue weighted by Gasteiger charge is 2.08. The fraction of sp³-hybridized carbons (Fsp3) is 0.235. The zero-order valence-electron chi connectivity index (χ0n) is 11.8. The van der Waals surface area contributed by atoms with E-state index in [0.717, 1.165) is 11.6 Å². The van der Waals surface area contributed by atoms with Gasteiger partial charge in [-0.2, -0.15) is 0 Å². The average Bonchev–Trinajstić information content (AvgIpc) is 2.91. The smallest absolute Gasteiger partial charge is 0.109 e. The highest BCUT2D eigenvalue weighted by molar-refractivity contribution is 7.11. The molecule has 0 saturated heterocycles. The summed E-state index contributed by atoms with van der Waals surface area (Å²) in [5.74, 6) is 0. The predicted octanol–water partition coefficient (Wildman–Crippen LogP) is 4.46. The first-order chi connectivity index (χ1) is 9.72. The molecule has 0 fully saturated rings. The van der Waals surface area contributed by atoms with Gasteiger partial charge in [0.05, 0.1) is 6.04 Å². The number of aryl methyl sites for hydroxylation is 1. The van der Waals surface area contributed by atoms with Crippen LogP contribution in [-0.2, 0) is 6.54 Å². The number of aromatic nitrogens is 1. The third-order valence-electron chi connectivity index (χ3n) is 3.44. The number of rotatable bonds is 4. The van der Waals surface area contributed by atoms with Gasteiger partial charge >= 0.3 is 0 Å². The molecule has 0 aliphatic heterocycles. The van der Waals surface area contributed by atoms with Crippen LogP contribution in [0.1, 0.15) is 28.4 Å². The average molecular weight is 282 g/mol. The lowest BCUT2D eigenvalue weighted by Crippen LogP contribution is -2.17. The summed E-state index contributed by atoms with van der Waals surface area (Å²) in [6, 6.07) is 15.4. The van der Waals surface area contributed by atoms with Gasteiger partial charge in [-0.25, -0.2) is 4.98 Å².